The molecular weight excluding hydrogens is 330 g/mol. The average Bonchev–Trinajstić information content (AvgIpc) is 2.45. The number of carbonyl (C=O) groups excluding carboxylic acids is 2. The van der Waals surface area contributed by atoms with Crippen molar-refractivity contribution in [3.05, 3.63) is 46.5 Å². The molecule has 0 N–H and O–H groups in total. The van der Waals surface area contributed by atoms with Crippen LogP contribution in [0, 0.1) is 0 Å². The zero-order valence-corrected chi connectivity index (χ0v) is 14.0. The predicted molar refractivity (Wildman–Crippen MR) is 87.2 cm³/mol. The molecule has 2 unspecified atom stereocenters. The summed E-state index contributed by atoms with van der Waals surface area (Å²) in [5, 5.41) is 0. The van der Waals surface area contributed by atoms with Crippen LogP contribution in [0.15, 0.2) is 40.9 Å². The van der Waals surface area contributed by atoms with Crippen LogP contribution >= 0.6 is 15.9 Å². The van der Waals surface area contributed by atoms with Gasteiger partial charge in [-0.3, -0.25) is 9.59 Å². The molecule has 1 heterocycles. The Hall–Kier alpha value is -1.42. The van der Waals surface area contributed by atoms with Gasteiger partial charge in [-0.25, -0.2) is 0 Å². The van der Waals surface area contributed by atoms with Crippen LogP contribution in [-0.4, -0.2) is 28.7 Å². The molecule has 4 heteroatoms. The first-order chi connectivity index (χ1) is 9.99. The zero-order valence-electron chi connectivity index (χ0n) is 12.4. The van der Waals surface area contributed by atoms with Gasteiger partial charge < -0.3 is 4.90 Å². The molecule has 0 aromatic heterocycles. The highest BCUT2D eigenvalue weighted by molar-refractivity contribution is 9.10. The van der Waals surface area contributed by atoms with E-state index in [4.69, 9.17) is 0 Å². The minimum Gasteiger partial charge on any atom is -0.334 e. The summed E-state index contributed by atoms with van der Waals surface area (Å²) in [5.74, 6) is -0.215. The Morgan fingerprint density at radius 1 is 1.10 bits per heavy atom. The van der Waals surface area contributed by atoms with Crippen molar-refractivity contribution in [3.63, 3.8) is 0 Å². The summed E-state index contributed by atoms with van der Waals surface area (Å²) in [4.78, 5) is 26.2. The summed E-state index contributed by atoms with van der Waals surface area (Å²) in [6.45, 7) is 4.13. The number of nitrogens with zero attached hydrogens (tertiary/aromatic N) is 1. The summed E-state index contributed by atoms with van der Waals surface area (Å²) >= 11 is 3.33. The molecule has 1 aliphatic rings. The number of allylic oxidation sites excluding steroid dienone is 1. The minimum atomic E-state index is -0.145. The first kappa shape index (κ1) is 16.0. The smallest absolute Gasteiger partial charge is 0.247 e. The van der Waals surface area contributed by atoms with E-state index >= 15 is 0 Å². The van der Waals surface area contributed by atoms with Crippen molar-refractivity contribution < 1.29 is 9.59 Å². The lowest BCUT2D eigenvalue weighted by Crippen LogP contribution is -2.46. The third-order valence-electron chi connectivity index (χ3n) is 3.95. The quantitative estimate of drug-likeness (QED) is 0.611. The van der Waals surface area contributed by atoms with Crippen LogP contribution < -0.4 is 0 Å². The van der Waals surface area contributed by atoms with Gasteiger partial charge in [0.15, 0.2) is 5.78 Å². The fraction of sp³-hybridized carbons (Fsp3) is 0.412. The SMILES string of the molecule is CC1CCCC(C)N1C(=O)/C=C/C(=O)c1ccc(Br)cc1. The normalized spacial score (nSPS) is 22.5. The second-order valence-electron chi connectivity index (χ2n) is 5.58. The molecule has 0 spiro atoms. The van der Waals surface area contributed by atoms with Crippen molar-refractivity contribution in [2.24, 2.45) is 0 Å². The number of likely N-dealkylation sites (tertiary alicyclic amines) is 1. The maximum Gasteiger partial charge on any atom is 0.247 e. The summed E-state index contributed by atoms with van der Waals surface area (Å²) in [6.07, 6.45) is 6.01. The second kappa shape index (κ2) is 7.03. The molecule has 1 saturated heterocycles. The van der Waals surface area contributed by atoms with E-state index in [2.05, 4.69) is 29.8 Å². The fourth-order valence-corrected chi connectivity index (χ4v) is 3.06. The van der Waals surface area contributed by atoms with Gasteiger partial charge in [0.25, 0.3) is 0 Å². The number of halogens is 1. The second-order valence-corrected chi connectivity index (χ2v) is 6.49. The Labute approximate surface area is 134 Å². The van der Waals surface area contributed by atoms with E-state index in [0.717, 1.165) is 23.7 Å². The van der Waals surface area contributed by atoms with Crippen molar-refractivity contribution in [1.29, 1.82) is 0 Å². The summed E-state index contributed by atoms with van der Waals surface area (Å²) in [7, 11) is 0. The summed E-state index contributed by atoms with van der Waals surface area (Å²) in [5.41, 5.74) is 0.585. The molecule has 0 saturated carbocycles. The molecule has 0 radical (unpaired) electrons. The van der Waals surface area contributed by atoms with Crippen LogP contribution in [0.4, 0.5) is 0 Å². The van der Waals surface area contributed by atoms with Crippen LogP contribution in [0.2, 0.25) is 0 Å². The molecule has 2 rings (SSSR count). The first-order valence-corrected chi connectivity index (χ1v) is 8.08. The third-order valence-corrected chi connectivity index (χ3v) is 4.48. The van der Waals surface area contributed by atoms with Gasteiger partial charge in [0.05, 0.1) is 0 Å². The van der Waals surface area contributed by atoms with Crippen molar-refractivity contribution in [2.75, 3.05) is 0 Å². The van der Waals surface area contributed by atoms with E-state index in [1.807, 2.05) is 17.0 Å². The van der Waals surface area contributed by atoms with Gasteiger partial charge in [-0.15, -0.1) is 0 Å². The Kier molecular flexibility index (Phi) is 5.34. The Bertz CT molecular complexity index is 540. The number of benzene rings is 1. The summed E-state index contributed by atoms with van der Waals surface area (Å²) < 4.78 is 0.926. The molecule has 0 bridgehead atoms. The van der Waals surface area contributed by atoms with Crippen molar-refractivity contribution in [1.82, 2.24) is 4.90 Å². The van der Waals surface area contributed by atoms with E-state index in [9.17, 15) is 9.59 Å². The predicted octanol–water partition coefficient (Wildman–Crippen LogP) is 3.98. The number of amides is 1. The van der Waals surface area contributed by atoms with Gasteiger partial charge in [-0.05, 0) is 63.5 Å². The third kappa shape index (κ3) is 4.03. The standard InChI is InChI=1S/C17H20BrNO2/c1-12-4-3-5-13(2)19(12)17(21)11-10-16(20)14-6-8-15(18)9-7-14/h6-13H,3-5H2,1-2H3/b11-10+. The molecule has 1 aromatic carbocycles. The maximum atomic E-state index is 12.3. The monoisotopic (exact) mass is 349 g/mol. The number of rotatable bonds is 3. The van der Waals surface area contributed by atoms with E-state index in [-0.39, 0.29) is 23.8 Å². The van der Waals surface area contributed by atoms with Gasteiger partial charge in [-0.2, -0.15) is 0 Å². The van der Waals surface area contributed by atoms with Crippen LogP contribution in [-0.2, 0) is 4.79 Å². The van der Waals surface area contributed by atoms with E-state index < -0.39 is 0 Å². The molecule has 0 aliphatic carbocycles. The number of ketones is 1. The first-order valence-electron chi connectivity index (χ1n) is 7.29. The molecule has 1 aliphatic heterocycles. The van der Waals surface area contributed by atoms with E-state index in [1.54, 1.807) is 12.1 Å². The minimum absolute atomic E-state index is 0.0693. The van der Waals surface area contributed by atoms with Crippen molar-refractivity contribution in [2.45, 2.75) is 45.2 Å². The molecule has 112 valence electrons. The van der Waals surface area contributed by atoms with Crippen molar-refractivity contribution >= 4 is 27.6 Å². The lowest BCUT2D eigenvalue weighted by molar-refractivity contribution is -0.131. The number of hydrogen-bond donors (Lipinski definition) is 0. The molecule has 1 fully saturated rings. The highest BCUT2D eigenvalue weighted by atomic mass is 79.9. The van der Waals surface area contributed by atoms with Crippen LogP contribution in [0.3, 0.4) is 0 Å². The van der Waals surface area contributed by atoms with Crippen LogP contribution in [0.5, 0.6) is 0 Å². The van der Waals surface area contributed by atoms with E-state index in [1.165, 1.54) is 12.2 Å². The summed E-state index contributed by atoms with van der Waals surface area (Å²) in [6, 6.07) is 7.61. The van der Waals surface area contributed by atoms with Crippen LogP contribution in [0.25, 0.3) is 0 Å². The van der Waals surface area contributed by atoms with Gasteiger partial charge in [-0.1, -0.05) is 15.9 Å². The van der Waals surface area contributed by atoms with Crippen LogP contribution in [0.1, 0.15) is 43.5 Å². The molecular formula is C17H20BrNO2. The number of piperidine rings is 1. The average molecular weight is 350 g/mol. The van der Waals surface area contributed by atoms with Gasteiger partial charge in [0.2, 0.25) is 5.91 Å². The Morgan fingerprint density at radius 3 is 2.24 bits per heavy atom. The molecule has 1 amide bonds. The highest BCUT2D eigenvalue weighted by Gasteiger charge is 2.27. The fourth-order valence-electron chi connectivity index (χ4n) is 2.80. The van der Waals surface area contributed by atoms with Gasteiger partial charge >= 0.3 is 0 Å². The van der Waals surface area contributed by atoms with Gasteiger partial charge in [0, 0.05) is 28.2 Å². The molecule has 2 atom stereocenters. The van der Waals surface area contributed by atoms with E-state index in [0.29, 0.717) is 5.56 Å². The van der Waals surface area contributed by atoms with Gasteiger partial charge in [0.1, 0.15) is 0 Å². The highest BCUT2D eigenvalue weighted by Crippen LogP contribution is 2.22. The number of carbonyl (C=O) groups is 2. The zero-order chi connectivity index (χ0) is 15.4. The number of hydrogen-bond acceptors (Lipinski definition) is 2. The Morgan fingerprint density at radius 2 is 1.67 bits per heavy atom. The maximum absolute atomic E-state index is 12.3. The lowest BCUT2D eigenvalue weighted by Gasteiger charge is -2.38. The lowest BCUT2D eigenvalue weighted by atomic mass is 9.97. The Balaban J connectivity index is 2.04. The topological polar surface area (TPSA) is 37.4 Å². The molecule has 3 nitrogen and oxygen atoms in total. The van der Waals surface area contributed by atoms with Crippen molar-refractivity contribution in [3.8, 4) is 0 Å². The molecule has 1 aromatic rings. The molecule has 21 heavy (non-hydrogen) atoms. The largest absolute Gasteiger partial charge is 0.334 e.